The minimum absolute atomic E-state index is 0.154. The second-order valence-corrected chi connectivity index (χ2v) is 6.55. The van der Waals surface area contributed by atoms with E-state index in [9.17, 15) is 19.5 Å². The minimum Gasteiger partial charge on any atom is -0.481 e. The lowest BCUT2D eigenvalue weighted by molar-refractivity contribution is -0.138. The zero-order valence-electron chi connectivity index (χ0n) is 15.8. The van der Waals surface area contributed by atoms with Crippen LogP contribution in [0.2, 0.25) is 0 Å². The highest BCUT2D eigenvalue weighted by Gasteiger charge is 2.47. The zero-order chi connectivity index (χ0) is 20.8. The number of aliphatic carboxylic acids is 1. The maximum absolute atomic E-state index is 12.9. The first-order valence-corrected chi connectivity index (χ1v) is 9.03. The van der Waals surface area contributed by atoms with Crippen LogP contribution in [0.3, 0.4) is 0 Å². The van der Waals surface area contributed by atoms with Crippen LogP contribution in [0.25, 0.3) is 0 Å². The summed E-state index contributed by atoms with van der Waals surface area (Å²) >= 11 is 0. The van der Waals surface area contributed by atoms with Gasteiger partial charge < -0.3 is 10.4 Å². The molecule has 0 bridgehead atoms. The number of anilines is 1. The molecule has 0 radical (unpaired) electrons. The SMILES string of the molecule is CN1C(CC(=O)O)C(NC(=O)NOCc2ccccc2)C(=O)N1c1ccccc1. The maximum Gasteiger partial charge on any atom is 0.339 e. The van der Waals surface area contributed by atoms with E-state index in [-0.39, 0.29) is 13.0 Å². The molecule has 2 unspecified atom stereocenters. The third-order valence-corrected chi connectivity index (χ3v) is 4.57. The number of nitrogens with zero attached hydrogens (tertiary/aromatic N) is 2. The molecule has 9 heteroatoms. The topological polar surface area (TPSA) is 111 Å². The number of benzene rings is 2. The number of amides is 3. The molecule has 2 aromatic rings. The highest BCUT2D eigenvalue weighted by atomic mass is 16.7. The summed E-state index contributed by atoms with van der Waals surface area (Å²) in [7, 11) is 1.62. The monoisotopic (exact) mass is 398 g/mol. The number of para-hydroxylation sites is 1. The third-order valence-electron chi connectivity index (χ3n) is 4.57. The van der Waals surface area contributed by atoms with E-state index in [1.807, 2.05) is 36.4 Å². The fourth-order valence-electron chi connectivity index (χ4n) is 3.21. The van der Waals surface area contributed by atoms with E-state index in [2.05, 4.69) is 10.8 Å². The lowest BCUT2D eigenvalue weighted by Gasteiger charge is -2.27. The molecular weight excluding hydrogens is 376 g/mol. The van der Waals surface area contributed by atoms with Gasteiger partial charge in [-0.05, 0) is 17.7 Å². The fourth-order valence-corrected chi connectivity index (χ4v) is 3.21. The largest absolute Gasteiger partial charge is 0.481 e. The molecule has 3 rings (SSSR count). The van der Waals surface area contributed by atoms with Gasteiger partial charge in [-0.3, -0.25) is 14.4 Å². The molecule has 0 aromatic heterocycles. The van der Waals surface area contributed by atoms with Crippen molar-refractivity contribution < 1.29 is 24.3 Å². The molecule has 3 amide bonds. The Labute approximate surface area is 167 Å². The molecule has 1 aliphatic rings. The van der Waals surface area contributed by atoms with Crippen LogP contribution in [0.4, 0.5) is 10.5 Å². The summed E-state index contributed by atoms with van der Waals surface area (Å²) in [5, 5.41) is 14.7. The molecule has 0 saturated carbocycles. The van der Waals surface area contributed by atoms with Crippen LogP contribution in [0.15, 0.2) is 60.7 Å². The summed E-state index contributed by atoms with van der Waals surface area (Å²) in [6, 6.07) is 15.6. The van der Waals surface area contributed by atoms with Gasteiger partial charge in [-0.15, -0.1) is 0 Å². The summed E-state index contributed by atoms with van der Waals surface area (Å²) in [5.41, 5.74) is 3.68. The highest BCUT2D eigenvalue weighted by molar-refractivity contribution is 6.01. The van der Waals surface area contributed by atoms with Crippen molar-refractivity contribution in [3.63, 3.8) is 0 Å². The number of carboxylic acids is 1. The summed E-state index contributed by atoms with van der Waals surface area (Å²) in [6.45, 7) is 0.154. The number of likely N-dealkylation sites (N-methyl/N-ethyl adjacent to an activating group) is 1. The number of hydrogen-bond donors (Lipinski definition) is 3. The molecule has 0 aliphatic carbocycles. The van der Waals surface area contributed by atoms with Crippen molar-refractivity contribution in [3.8, 4) is 0 Å². The van der Waals surface area contributed by atoms with Gasteiger partial charge in [-0.2, -0.15) is 0 Å². The van der Waals surface area contributed by atoms with Crippen LogP contribution in [0.5, 0.6) is 0 Å². The Hall–Kier alpha value is -3.43. The Kier molecular flexibility index (Phi) is 6.43. The Balaban J connectivity index is 1.67. The van der Waals surface area contributed by atoms with Crippen molar-refractivity contribution in [2.75, 3.05) is 12.1 Å². The number of hydrogen-bond acceptors (Lipinski definition) is 5. The van der Waals surface area contributed by atoms with Gasteiger partial charge >= 0.3 is 12.0 Å². The number of urea groups is 1. The normalized spacial score (nSPS) is 19.2. The first kappa shape index (κ1) is 20.3. The maximum atomic E-state index is 12.9. The van der Waals surface area contributed by atoms with Crippen LogP contribution >= 0.6 is 0 Å². The molecule has 0 spiro atoms. The highest BCUT2D eigenvalue weighted by Crippen LogP contribution is 2.27. The Morgan fingerprint density at radius 1 is 1.07 bits per heavy atom. The number of carbonyl (C=O) groups excluding carboxylic acids is 2. The van der Waals surface area contributed by atoms with Crippen LogP contribution in [0.1, 0.15) is 12.0 Å². The quantitative estimate of drug-likeness (QED) is 0.610. The second kappa shape index (κ2) is 9.18. The van der Waals surface area contributed by atoms with Crippen LogP contribution in [-0.4, -0.2) is 47.2 Å². The zero-order valence-corrected chi connectivity index (χ0v) is 15.8. The lowest BCUT2D eigenvalue weighted by atomic mass is 10.1. The fraction of sp³-hybridized carbons (Fsp3) is 0.250. The Morgan fingerprint density at radius 3 is 2.31 bits per heavy atom. The van der Waals surface area contributed by atoms with Crippen LogP contribution in [-0.2, 0) is 21.0 Å². The molecular formula is C20H22N4O5. The lowest BCUT2D eigenvalue weighted by Crippen LogP contribution is -2.50. The smallest absolute Gasteiger partial charge is 0.339 e. The summed E-state index contributed by atoms with van der Waals surface area (Å²) < 4.78 is 0. The first-order valence-electron chi connectivity index (χ1n) is 9.03. The number of hydrazine groups is 1. The van der Waals surface area contributed by atoms with Crippen molar-refractivity contribution in [1.82, 2.24) is 15.8 Å². The average Bonchev–Trinajstić information content (AvgIpc) is 2.93. The molecule has 152 valence electrons. The van der Waals surface area contributed by atoms with E-state index in [0.717, 1.165) is 5.56 Å². The standard InChI is InChI=1S/C20H22N4O5/c1-23-16(12-17(25)26)18(19(27)24(23)15-10-6-3-7-11-15)21-20(28)22-29-13-14-8-4-2-5-9-14/h2-11,16,18H,12-13H2,1H3,(H,25,26)(H2,21,22,28). The van der Waals surface area contributed by atoms with E-state index in [0.29, 0.717) is 5.69 Å². The van der Waals surface area contributed by atoms with Crippen molar-refractivity contribution in [2.45, 2.75) is 25.1 Å². The van der Waals surface area contributed by atoms with Crippen molar-refractivity contribution in [2.24, 2.45) is 0 Å². The van der Waals surface area contributed by atoms with E-state index in [4.69, 9.17) is 4.84 Å². The molecule has 3 N–H and O–H groups in total. The number of carboxylic acid groups (broad SMARTS) is 1. The Morgan fingerprint density at radius 2 is 1.69 bits per heavy atom. The summed E-state index contributed by atoms with van der Waals surface area (Å²) in [4.78, 5) is 41.6. The molecule has 2 atom stereocenters. The van der Waals surface area contributed by atoms with E-state index < -0.39 is 30.0 Å². The summed E-state index contributed by atoms with van der Waals surface area (Å²) in [5.74, 6) is -1.50. The predicted molar refractivity (Wildman–Crippen MR) is 104 cm³/mol. The first-order chi connectivity index (χ1) is 14.0. The third kappa shape index (κ3) is 4.89. The minimum atomic E-state index is -1.07. The van der Waals surface area contributed by atoms with E-state index in [1.165, 1.54) is 10.0 Å². The number of carbonyl (C=O) groups is 3. The van der Waals surface area contributed by atoms with Gasteiger partial charge in [0.1, 0.15) is 6.04 Å². The molecule has 1 heterocycles. The van der Waals surface area contributed by atoms with Gasteiger partial charge in [-0.1, -0.05) is 48.5 Å². The molecule has 29 heavy (non-hydrogen) atoms. The number of rotatable bonds is 7. The van der Waals surface area contributed by atoms with Gasteiger partial charge in [0.2, 0.25) is 0 Å². The van der Waals surface area contributed by atoms with Gasteiger partial charge in [0, 0.05) is 7.05 Å². The summed E-state index contributed by atoms with van der Waals surface area (Å²) in [6.07, 6.45) is -0.318. The molecule has 1 saturated heterocycles. The van der Waals surface area contributed by atoms with Crippen LogP contribution < -0.4 is 15.8 Å². The van der Waals surface area contributed by atoms with Crippen LogP contribution in [0, 0.1) is 0 Å². The van der Waals surface area contributed by atoms with Gasteiger partial charge in [0.15, 0.2) is 0 Å². The molecule has 1 fully saturated rings. The molecule has 1 aliphatic heterocycles. The van der Waals surface area contributed by atoms with Gasteiger partial charge in [0.25, 0.3) is 5.91 Å². The molecule has 9 nitrogen and oxygen atoms in total. The Bertz CT molecular complexity index is 862. The van der Waals surface area contributed by atoms with Crippen molar-refractivity contribution in [1.29, 1.82) is 0 Å². The van der Waals surface area contributed by atoms with Gasteiger partial charge in [-0.25, -0.2) is 20.3 Å². The average molecular weight is 398 g/mol. The van der Waals surface area contributed by atoms with E-state index >= 15 is 0 Å². The van der Waals surface area contributed by atoms with E-state index in [1.54, 1.807) is 31.3 Å². The van der Waals surface area contributed by atoms with Crippen molar-refractivity contribution >= 4 is 23.6 Å². The van der Waals surface area contributed by atoms with Crippen molar-refractivity contribution in [3.05, 3.63) is 66.2 Å². The van der Waals surface area contributed by atoms with Gasteiger partial charge in [0.05, 0.1) is 24.8 Å². The second-order valence-electron chi connectivity index (χ2n) is 6.55. The number of nitrogens with one attached hydrogen (secondary N) is 2. The number of hydroxylamine groups is 1. The predicted octanol–water partition coefficient (Wildman–Crippen LogP) is 1.52. The molecule has 2 aromatic carbocycles.